The number of nitro benzene ring substituents is 1. The molecule has 1 aromatic carbocycles. The maximum Gasteiger partial charge on any atom is 0.414 e. The molecule has 7 heteroatoms. The van der Waals surface area contributed by atoms with E-state index in [0.717, 1.165) is 12.1 Å². The lowest BCUT2D eigenvalue weighted by atomic mass is 10.2. The van der Waals surface area contributed by atoms with Crippen molar-refractivity contribution >= 4 is 17.5 Å². The number of halogens is 1. The van der Waals surface area contributed by atoms with Gasteiger partial charge >= 0.3 is 11.8 Å². The summed E-state index contributed by atoms with van der Waals surface area (Å²) in [5, 5.41) is 10.6. The molecule has 110 valence electrons. The number of carbonyl (C=O) groups excluding carboxylic acids is 1. The van der Waals surface area contributed by atoms with Crippen LogP contribution in [0, 0.1) is 15.9 Å². The van der Waals surface area contributed by atoms with Crippen molar-refractivity contribution in [2.45, 2.75) is 33.3 Å². The second-order valence-electron chi connectivity index (χ2n) is 5.12. The standard InChI is InChI=1S/C13H17FN2O4/c1-5-15(12(17)20-13(2,3)4)9-6-7-11(16(18)19)10(14)8-9/h6-8H,5H2,1-4H3. The van der Waals surface area contributed by atoms with E-state index in [1.165, 1.54) is 11.0 Å². The second-order valence-corrected chi connectivity index (χ2v) is 5.12. The Morgan fingerprint density at radius 2 is 2.05 bits per heavy atom. The summed E-state index contributed by atoms with van der Waals surface area (Å²) in [5.41, 5.74) is -1.09. The number of nitrogens with zero attached hydrogens (tertiary/aromatic N) is 2. The highest BCUT2D eigenvalue weighted by Gasteiger charge is 2.24. The van der Waals surface area contributed by atoms with Gasteiger partial charge in [-0.05, 0) is 33.8 Å². The Kier molecular flexibility index (Phi) is 4.65. The number of benzene rings is 1. The number of anilines is 1. The molecule has 0 radical (unpaired) electrons. The first-order valence-corrected chi connectivity index (χ1v) is 6.10. The van der Waals surface area contributed by atoms with Crippen molar-refractivity contribution in [3.05, 3.63) is 34.1 Å². The molecular weight excluding hydrogens is 267 g/mol. The van der Waals surface area contributed by atoms with Crippen LogP contribution in [-0.2, 0) is 4.74 Å². The number of ether oxygens (including phenoxy) is 1. The van der Waals surface area contributed by atoms with Crippen molar-refractivity contribution in [1.82, 2.24) is 0 Å². The Morgan fingerprint density at radius 3 is 2.45 bits per heavy atom. The lowest BCUT2D eigenvalue weighted by molar-refractivity contribution is -0.387. The number of hydrogen-bond donors (Lipinski definition) is 0. The number of carbonyl (C=O) groups is 1. The third-order valence-electron chi connectivity index (χ3n) is 2.37. The minimum absolute atomic E-state index is 0.213. The summed E-state index contributed by atoms with van der Waals surface area (Å²) >= 11 is 0. The van der Waals surface area contributed by atoms with Crippen molar-refractivity contribution in [3.8, 4) is 0 Å². The van der Waals surface area contributed by atoms with Crippen LogP contribution in [0.1, 0.15) is 27.7 Å². The molecule has 0 saturated heterocycles. The van der Waals surface area contributed by atoms with Crippen molar-refractivity contribution in [2.75, 3.05) is 11.4 Å². The number of rotatable bonds is 3. The van der Waals surface area contributed by atoms with Crippen LogP contribution in [0.15, 0.2) is 18.2 Å². The van der Waals surface area contributed by atoms with Crippen molar-refractivity contribution in [1.29, 1.82) is 0 Å². The van der Waals surface area contributed by atoms with E-state index < -0.39 is 28.1 Å². The molecule has 0 N–H and O–H groups in total. The predicted molar refractivity (Wildman–Crippen MR) is 72.3 cm³/mol. The quantitative estimate of drug-likeness (QED) is 0.629. The van der Waals surface area contributed by atoms with Gasteiger partial charge in [-0.25, -0.2) is 4.79 Å². The maximum atomic E-state index is 13.6. The summed E-state index contributed by atoms with van der Waals surface area (Å²) in [7, 11) is 0. The fourth-order valence-electron chi connectivity index (χ4n) is 1.55. The van der Waals surface area contributed by atoms with Crippen LogP contribution in [0.2, 0.25) is 0 Å². The minimum atomic E-state index is -0.991. The average Bonchev–Trinajstić information content (AvgIpc) is 2.26. The van der Waals surface area contributed by atoms with Gasteiger partial charge in [-0.1, -0.05) is 0 Å². The normalized spacial score (nSPS) is 11.1. The molecule has 1 rings (SSSR count). The van der Waals surface area contributed by atoms with Crippen LogP contribution in [0.25, 0.3) is 0 Å². The van der Waals surface area contributed by atoms with Crippen molar-refractivity contribution in [2.24, 2.45) is 0 Å². The zero-order valence-corrected chi connectivity index (χ0v) is 11.8. The summed E-state index contributed by atoms with van der Waals surface area (Å²) in [6.45, 7) is 7.11. The molecule has 0 bridgehead atoms. The Bertz CT molecular complexity index is 526. The Morgan fingerprint density at radius 1 is 1.45 bits per heavy atom. The molecule has 0 aliphatic rings. The zero-order valence-electron chi connectivity index (χ0n) is 11.8. The third kappa shape index (κ3) is 3.91. The Hall–Kier alpha value is -2.18. The van der Waals surface area contributed by atoms with Crippen LogP contribution in [0.4, 0.5) is 20.6 Å². The molecule has 1 aromatic rings. The second kappa shape index (κ2) is 5.85. The van der Waals surface area contributed by atoms with Gasteiger partial charge in [0.25, 0.3) is 0 Å². The van der Waals surface area contributed by atoms with Crippen LogP contribution in [0.3, 0.4) is 0 Å². The number of nitro groups is 1. The number of hydrogen-bond acceptors (Lipinski definition) is 4. The van der Waals surface area contributed by atoms with Gasteiger partial charge in [-0.15, -0.1) is 0 Å². The van der Waals surface area contributed by atoms with Crippen LogP contribution in [-0.4, -0.2) is 23.2 Å². The summed E-state index contributed by atoms with van der Waals surface area (Å²) < 4.78 is 18.8. The monoisotopic (exact) mass is 284 g/mol. The average molecular weight is 284 g/mol. The highest BCUT2D eigenvalue weighted by atomic mass is 19.1. The van der Waals surface area contributed by atoms with E-state index in [0.29, 0.717) is 0 Å². The van der Waals surface area contributed by atoms with E-state index in [-0.39, 0.29) is 12.2 Å². The van der Waals surface area contributed by atoms with Gasteiger partial charge in [0.1, 0.15) is 5.60 Å². The maximum absolute atomic E-state index is 13.6. The van der Waals surface area contributed by atoms with E-state index in [4.69, 9.17) is 4.74 Å². The van der Waals surface area contributed by atoms with Gasteiger partial charge in [-0.2, -0.15) is 4.39 Å². The molecule has 0 saturated carbocycles. The van der Waals surface area contributed by atoms with E-state index in [9.17, 15) is 19.3 Å². The predicted octanol–water partition coefficient (Wildman–Crippen LogP) is 3.50. The van der Waals surface area contributed by atoms with Crippen LogP contribution >= 0.6 is 0 Å². The molecule has 0 unspecified atom stereocenters. The molecule has 0 atom stereocenters. The minimum Gasteiger partial charge on any atom is -0.443 e. The smallest absolute Gasteiger partial charge is 0.414 e. The molecule has 0 spiro atoms. The molecule has 0 heterocycles. The van der Waals surface area contributed by atoms with Gasteiger partial charge in [-0.3, -0.25) is 15.0 Å². The van der Waals surface area contributed by atoms with E-state index in [2.05, 4.69) is 0 Å². The van der Waals surface area contributed by atoms with Crippen LogP contribution < -0.4 is 4.90 Å². The van der Waals surface area contributed by atoms with Gasteiger partial charge in [0.15, 0.2) is 0 Å². The van der Waals surface area contributed by atoms with E-state index in [1.54, 1.807) is 27.7 Å². The molecule has 20 heavy (non-hydrogen) atoms. The molecule has 6 nitrogen and oxygen atoms in total. The summed E-state index contributed by atoms with van der Waals surface area (Å²) in [6.07, 6.45) is -0.631. The molecule has 1 amide bonds. The molecule has 0 aliphatic heterocycles. The van der Waals surface area contributed by atoms with Gasteiger partial charge in [0.2, 0.25) is 5.82 Å². The lowest BCUT2D eigenvalue weighted by Gasteiger charge is -2.26. The van der Waals surface area contributed by atoms with E-state index in [1.807, 2.05) is 0 Å². The first-order chi connectivity index (χ1) is 9.15. The largest absolute Gasteiger partial charge is 0.443 e. The Labute approximate surface area is 116 Å². The van der Waals surface area contributed by atoms with Crippen molar-refractivity contribution < 1.29 is 18.8 Å². The lowest BCUT2D eigenvalue weighted by Crippen LogP contribution is -2.36. The van der Waals surface area contributed by atoms with Gasteiger partial charge in [0, 0.05) is 18.7 Å². The first-order valence-electron chi connectivity index (χ1n) is 6.10. The summed E-state index contributed by atoms with van der Waals surface area (Å²) in [5.74, 6) is -0.991. The zero-order chi connectivity index (χ0) is 15.5. The summed E-state index contributed by atoms with van der Waals surface area (Å²) in [6, 6.07) is 3.29. The third-order valence-corrected chi connectivity index (χ3v) is 2.37. The van der Waals surface area contributed by atoms with E-state index >= 15 is 0 Å². The number of amides is 1. The molecule has 0 fully saturated rings. The van der Waals surface area contributed by atoms with Gasteiger partial charge < -0.3 is 4.74 Å². The van der Waals surface area contributed by atoms with Crippen molar-refractivity contribution in [3.63, 3.8) is 0 Å². The first kappa shape index (κ1) is 15.9. The SMILES string of the molecule is CCN(C(=O)OC(C)(C)C)c1ccc([N+](=O)[O-])c(F)c1. The fraction of sp³-hybridized carbons (Fsp3) is 0.462. The topological polar surface area (TPSA) is 72.7 Å². The summed E-state index contributed by atoms with van der Waals surface area (Å²) in [4.78, 5) is 22.9. The molecular formula is C13H17FN2O4. The van der Waals surface area contributed by atoms with Crippen LogP contribution in [0.5, 0.6) is 0 Å². The fourth-order valence-corrected chi connectivity index (χ4v) is 1.55. The highest BCUT2D eigenvalue weighted by Crippen LogP contribution is 2.24. The van der Waals surface area contributed by atoms with Gasteiger partial charge in [0.05, 0.1) is 10.6 Å². The molecule has 0 aromatic heterocycles. The highest BCUT2D eigenvalue weighted by molar-refractivity contribution is 5.88. The molecule has 0 aliphatic carbocycles. The Balaban J connectivity index is 3.04.